The second kappa shape index (κ2) is 6.83. The van der Waals surface area contributed by atoms with Gasteiger partial charge in [0.05, 0.1) is 5.69 Å². The predicted molar refractivity (Wildman–Crippen MR) is 74.2 cm³/mol. The van der Waals surface area contributed by atoms with Crippen molar-refractivity contribution < 1.29 is 12.8 Å². The first kappa shape index (κ1) is 15.9. The topological polar surface area (TPSA) is 75.4 Å². The lowest BCUT2D eigenvalue weighted by atomic mass is 10.2. The monoisotopic (exact) mass is 289 g/mol. The van der Waals surface area contributed by atoms with E-state index in [1.165, 1.54) is 6.07 Å². The fraction of sp³-hybridized carbons (Fsp3) is 0.500. The first-order valence-electron chi connectivity index (χ1n) is 6.27. The molecule has 108 valence electrons. The van der Waals surface area contributed by atoms with Crippen molar-refractivity contribution >= 4 is 15.7 Å². The lowest BCUT2D eigenvalue weighted by molar-refractivity contribution is 0.555. The highest BCUT2D eigenvalue weighted by atomic mass is 32.2. The van der Waals surface area contributed by atoms with Gasteiger partial charge in [-0.05, 0) is 12.1 Å². The first-order chi connectivity index (χ1) is 9.00. The molecule has 0 spiro atoms. The maximum Gasteiger partial charge on any atom is 0.243 e. The number of nitrogens with zero attached hydrogens (tertiary/aromatic N) is 1. The molecule has 0 radical (unpaired) electrons. The Morgan fingerprint density at radius 3 is 2.37 bits per heavy atom. The number of hydrogen-bond donors (Lipinski definition) is 2. The molecular formula is C12H20FN3O2S. The van der Waals surface area contributed by atoms with Crippen LogP contribution in [0.2, 0.25) is 0 Å². The van der Waals surface area contributed by atoms with Gasteiger partial charge in [-0.1, -0.05) is 19.9 Å². The number of rotatable bonds is 2. The molecule has 19 heavy (non-hydrogen) atoms. The van der Waals surface area contributed by atoms with Crippen LogP contribution in [0, 0.1) is 5.82 Å². The summed E-state index contributed by atoms with van der Waals surface area (Å²) >= 11 is 0. The molecule has 5 nitrogen and oxygen atoms in total. The van der Waals surface area contributed by atoms with Crippen molar-refractivity contribution in [2.24, 2.45) is 5.14 Å². The molecular weight excluding hydrogens is 269 g/mol. The van der Waals surface area contributed by atoms with Crippen LogP contribution in [0.1, 0.15) is 13.8 Å². The number of primary sulfonamides is 1. The summed E-state index contributed by atoms with van der Waals surface area (Å²) in [5, 5.41) is 8.20. The molecule has 0 amide bonds. The summed E-state index contributed by atoms with van der Waals surface area (Å²) in [6.45, 7) is 6.74. The fourth-order valence-corrected chi connectivity index (χ4v) is 2.76. The molecule has 2 rings (SSSR count). The average molecular weight is 289 g/mol. The minimum absolute atomic E-state index is 0.342. The lowest BCUT2D eigenvalue weighted by Crippen LogP contribution is -2.44. The molecule has 0 unspecified atom stereocenters. The summed E-state index contributed by atoms with van der Waals surface area (Å²) in [5.41, 5.74) is 0.342. The van der Waals surface area contributed by atoms with Crippen LogP contribution < -0.4 is 15.4 Å². The van der Waals surface area contributed by atoms with Gasteiger partial charge in [0, 0.05) is 26.2 Å². The number of nitrogens with one attached hydrogen (secondary N) is 1. The van der Waals surface area contributed by atoms with E-state index in [1.54, 1.807) is 6.07 Å². The zero-order valence-electron chi connectivity index (χ0n) is 11.2. The molecule has 0 bridgehead atoms. The molecule has 1 heterocycles. The third kappa shape index (κ3) is 3.89. The molecule has 1 aromatic carbocycles. The number of halogens is 1. The van der Waals surface area contributed by atoms with Crippen molar-refractivity contribution in [3.05, 3.63) is 24.0 Å². The standard InChI is InChI=1S/C10H14FN3O2S.C2H6/c11-8-2-1-3-9(10(8)17(12,15)16)14-6-4-13-5-7-14;1-2/h1-3,13H,4-7H2,(H2,12,15,16);1-2H3. The van der Waals surface area contributed by atoms with Crippen molar-refractivity contribution in [1.29, 1.82) is 0 Å². The van der Waals surface area contributed by atoms with Gasteiger partial charge in [-0.2, -0.15) is 0 Å². The molecule has 0 aromatic heterocycles. The van der Waals surface area contributed by atoms with Crippen LogP contribution in [0.4, 0.5) is 10.1 Å². The van der Waals surface area contributed by atoms with Gasteiger partial charge in [0.2, 0.25) is 10.0 Å². The van der Waals surface area contributed by atoms with E-state index >= 15 is 0 Å². The normalized spacial score (nSPS) is 15.7. The van der Waals surface area contributed by atoms with Gasteiger partial charge in [0.15, 0.2) is 0 Å². The van der Waals surface area contributed by atoms with Crippen LogP contribution in [0.3, 0.4) is 0 Å². The molecule has 1 saturated heterocycles. The largest absolute Gasteiger partial charge is 0.368 e. The predicted octanol–water partition coefficient (Wildman–Crippen LogP) is 0.909. The summed E-state index contributed by atoms with van der Waals surface area (Å²) in [7, 11) is -4.05. The Kier molecular flexibility index (Phi) is 5.71. The Morgan fingerprint density at radius 1 is 1.26 bits per heavy atom. The molecule has 0 saturated carbocycles. The Morgan fingerprint density at radius 2 is 1.84 bits per heavy atom. The summed E-state index contributed by atoms with van der Waals surface area (Å²) < 4.78 is 36.4. The van der Waals surface area contributed by atoms with E-state index in [-0.39, 0.29) is 0 Å². The number of nitrogens with two attached hydrogens (primary N) is 1. The third-order valence-corrected chi connectivity index (χ3v) is 3.66. The summed E-state index contributed by atoms with van der Waals surface area (Å²) in [6, 6.07) is 4.17. The molecule has 3 N–H and O–H groups in total. The number of benzene rings is 1. The second-order valence-electron chi connectivity index (χ2n) is 3.87. The van der Waals surface area contributed by atoms with Crippen LogP contribution in [0.15, 0.2) is 23.1 Å². The van der Waals surface area contributed by atoms with E-state index in [9.17, 15) is 12.8 Å². The minimum atomic E-state index is -4.05. The zero-order valence-corrected chi connectivity index (χ0v) is 12.0. The van der Waals surface area contributed by atoms with Gasteiger partial charge in [0.1, 0.15) is 10.7 Å². The maximum atomic E-state index is 13.6. The van der Waals surface area contributed by atoms with Crippen molar-refractivity contribution in [1.82, 2.24) is 5.32 Å². The fourth-order valence-electron chi connectivity index (χ4n) is 1.93. The van der Waals surface area contributed by atoms with Crippen molar-refractivity contribution in [2.75, 3.05) is 31.1 Å². The molecule has 0 atom stereocenters. The van der Waals surface area contributed by atoms with Crippen molar-refractivity contribution in [2.45, 2.75) is 18.7 Å². The van der Waals surface area contributed by atoms with Crippen molar-refractivity contribution in [3.63, 3.8) is 0 Å². The number of piperazine rings is 1. The molecule has 7 heteroatoms. The smallest absolute Gasteiger partial charge is 0.243 e. The summed E-state index contributed by atoms with van der Waals surface area (Å²) in [4.78, 5) is 1.40. The Labute approximate surface area is 113 Å². The van der Waals surface area contributed by atoms with Crippen LogP contribution in [0.25, 0.3) is 0 Å². The maximum absolute atomic E-state index is 13.6. The SMILES string of the molecule is CC.NS(=O)(=O)c1c(F)cccc1N1CCNCC1. The van der Waals surface area contributed by atoms with Crippen LogP contribution in [-0.4, -0.2) is 34.6 Å². The van der Waals surface area contributed by atoms with Gasteiger partial charge < -0.3 is 10.2 Å². The zero-order chi connectivity index (χ0) is 14.5. The number of sulfonamides is 1. The molecule has 1 aliphatic heterocycles. The highest BCUT2D eigenvalue weighted by Gasteiger charge is 2.23. The van der Waals surface area contributed by atoms with Gasteiger partial charge in [-0.15, -0.1) is 0 Å². The van der Waals surface area contributed by atoms with Crippen LogP contribution in [-0.2, 0) is 10.0 Å². The average Bonchev–Trinajstić information content (AvgIpc) is 2.40. The van der Waals surface area contributed by atoms with E-state index in [0.29, 0.717) is 18.8 Å². The first-order valence-corrected chi connectivity index (χ1v) is 7.82. The van der Waals surface area contributed by atoms with Crippen LogP contribution >= 0.6 is 0 Å². The lowest BCUT2D eigenvalue weighted by Gasteiger charge is -2.30. The molecule has 1 fully saturated rings. The van der Waals surface area contributed by atoms with E-state index in [4.69, 9.17) is 5.14 Å². The molecule has 0 aliphatic carbocycles. The molecule has 1 aromatic rings. The summed E-state index contributed by atoms with van der Waals surface area (Å²) in [5.74, 6) is -0.802. The molecule has 1 aliphatic rings. The highest BCUT2D eigenvalue weighted by molar-refractivity contribution is 7.89. The van der Waals surface area contributed by atoms with Gasteiger partial charge in [-0.25, -0.2) is 17.9 Å². The van der Waals surface area contributed by atoms with E-state index in [0.717, 1.165) is 19.2 Å². The second-order valence-corrected chi connectivity index (χ2v) is 5.37. The van der Waals surface area contributed by atoms with Gasteiger partial charge in [-0.3, -0.25) is 0 Å². The Balaban J connectivity index is 0.000000861. The quantitative estimate of drug-likeness (QED) is 0.848. The van der Waals surface area contributed by atoms with Gasteiger partial charge >= 0.3 is 0 Å². The van der Waals surface area contributed by atoms with Crippen molar-refractivity contribution in [3.8, 4) is 0 Å². The van der Waals surface area contributed by atoms with Crippen LogP contribution in [0.5, 0.6) is 0 Å². The third-order valence-electron chi connectivity index (χ3n) is 2.69. The summed E-state index contributed by atoms with van der Waals surface area (Å²) in [6.07, 6.45) is 0. The van der Waals surface area contributed by atoms with E-state index in [2.05, 4.69) is 5.32 Å². The minimum Gasteiger partial charge on any atom is -0.368 e. The Hall–Kier alpha value is -1.18. The van der Waals surface area contributed by atoms with Gasteiger partial charge in [0.25, 0.3) is 0 Å². The Bertz CT molecular complexity index is 514. The van der Waals surface area contributed by atoms with E-state index in [1.807, 2.05) is 18.7 Å². The highest BCUT2D eigenvalue weighted by Crippen LogP contribution is 2.26. The van der Waals surface area contributed by atoms with E-state index < -0.39 is 20.7 Å². The number of hydrogen-bond acceptors (Lipinski definition) is 4. The number of anilines is 1.